The van der Waals surface area contributed by atoms with Gasteiger partial charge >= 0.3 is 6.09 Å². The highest BCUT2D eigenvalue weighted by Crippen LogP contribution is 2.39. The number of carbonyl (C=O) groups is 1. The van der Waals surface area contributed by atoms with Crippen molar-refractivity contribution in [3.63, 3.8) is 0 Å². The highest BCUT2D eigenvalue weighted by atomic mass is 32.2. The number of methoxy groups -OCH3 is 1. The molecule has 2 aromatic heterocycles. The van der Waals surface area contributed by atoms with Gasteiger partial charge in [-0.05, 0) is 50.8 Å². The van der Waals surface area contributed by atoms with E-state index >= 15 is 0 Å². The largest absolute Gasteiger partial charge is 0.452 e. The predicted octanol–water partition coefficient (Wildman–Crippen LogP) is 3.69. The number of amides is 1. The Bertz CT molecular complexity index is 1310. The van der Waals surface area contributed by atoms with E-state index < -0.39 is 9.84 Å². The van der Waals surface area contributed by atoms with E-state index in [9.17, 15) is 13.2 Å². The van der Waals surface area contributed by atoms with Crippen molar-refractivity contribution in [1.82, 2.24) is 19.3 Å². The topological polar surface area (TPSA) is 99.3 Å². The van der Waals surface area contributed by atoms with E-state index in [1.54, 1.807) is 11.1 Å². The van der Waals surface area contributed by atoms with Crippen LogP contribution in [0.3, 0.4) is 0 Å². The van der Waals surface area contributed by atoms with Crippen molar-refractivity contribution in [2.45, 2.75) is 64.1 Å². The summed E-state index contributed by atoms with van der Waals surface area (Å²) in [4.78, 5) is 19.4. The van der Waals surface area contributed by atoms with E-state index in [1.807, 2.05) is 36.0 Å². The Labute approximate surface area is 199 Å². The summed E-state index contributed by atoms with van der Waals surface area (Å²) < 4.78 is 34.2. The Morgan fingerprint density at radius 3 is 2.82 bits per heavy atom. The molecule has 2 aliphatic heterocycles. The van der Waals surface area contributed by atoms with Gasteiger partial charge in [-0.25, -0.2) is 18.2 Å². The fourth-order valence-electron chi connectivity index (χ4n) is 5.50. The van der Waals surface area contributed by atoms with Crippen molar-refractivity contribution < 1.29 is 17.9 Å². The predicted molar refractivity (Wildman–Crippen MR) is 130 cm³/mol. The van der Waals surface area contributed by atoms with Gasteiger partial charge in [-0.2, -0.15) is 5.10 Å². The second kappa shape index (κ2) is 8.72. The second-order valence-electron chi connectivity index (χ2n) is 9.54. The van der Waals surface area contributed by atoms with Crippen LogP contribution in [0.4, 0.5) is 10.5 Å². The highest BCUT2D eigenvalue weighted by Gasteiger charge is 2.34. The molecule has 1 saturated heterocycles. The second-order valence-corrected chi connectivity index (χ2v) is 11.8. The lowest BCUT2D eigenvalue weighted by Gasteiger charge is -2.34. The quantitative estimate of drug-likeness (QED) is 0.559. The fraction of sp³-hybridized carbons (Fsp3) is 0.542. The molecule has 0 bridgehead atoms. The molecule has 1 aromatic carbocycles. The molecule has 0 spiro atoms. The molecule has 0 unspecified atom stereocenters. The van der Waals surface area contributed by atoms with Crippen molar-refractivity contribution in [1.29, 1.82) is 0 Å². The van der Waals surface area contributed by atoms with E-state index in [0.29, 0.717) is 13.0 Å². The molecule has 1 amide bonds. The van der Waals surface area contributed by atoms with E-state index in [2.05, 4.69) is 16.6 Å². The zero-order chi connectivity index (χ0) is 24.0. The minimum Gasteiger partial charge on any atom is -0.452 e. The number of aromatic nitrogens is 4. The van der Waals surface area contributed by atoms with Crippen molar-refractivity contribution >= 4 is 32.7 Å². The van der Waals surface area contributed by atoms with E-state index in [0.717, 1.165) is 47.4 Å². The number of ether oxygens (including phenoxy) is 1. The SMILES string of the molecule is COC(=O)N1c2ccc3c(nc([C@H](C)Cn4cccn4)n3[C@H]3CCCS(=O)(=O)C3)c2CC[C@@H]1C. The molecule has 9 nitrogen and oxygen atoms in total. The van der Waals surface area contributed by atoms with Crippen LogP contribution in [0.15, 0.2) is 30.6 Å². The lowest BCUT2D eigenvalue weighted by atomic mass is 9.95. The third-order valence-corrected chi connectivity index (χ3v) is 8.92. The van der Waals surface area contributed by atoms with Crippen LogP contribution in [0, 0.1) is 0 Å². The Morgan fingerprint density at radius 2 is 2.12 bits per heavy atom. The summed E-state index contributed by atoms with van der Waals surface area (Å²) in [6.07, 6.45) is 6.36. The number of rotatable bonds is 4. The van der Waals surface area contributed by atoms with Crippen LogP contribution in [0.1, 0.15) is 56.5 Å². The smallest absolute Gasteiger partial charge is 0.414 e. The fourth-order valence-corrected chi connectivity index (χ4v) is 7.17. The van der Waals surface area contributed by atoms with E-state index in [1.165, 1.54) is 7.11 Å². The van der Waals surface area contributed by atoms with Crippen LogP contribution in [0.25, 0.3) is 11.0 Å². The molecular weight excluding hydrogens is 454 g/mol. The molecule has 10 heteroatoms. The van der Waals surface area contributed by atoms with Gasteiger partial charge in [0.15, 0.2) is 9.84 Å². The maximum Gasteiger partial charge on any atom is 0.414 e. The standard InChI is InChI=1S/C24H31N5O4S/c1-16(14-27-12-5-11-25-27)23-26-22-19-8-7-17(2)28(24(30)33-3)20(19)9-10-21(22)29(23)18-6-4-13-34(31,32)15-18/h5,9-12,16-18H,4,6-8,13-15H2,1-3H3/t16-,17+,18+/m1/s1. The molecule has 0 N–H and O–H groups in total. The Hall–Kier alpha value is -2.88. The summed E-state index contributed by atoms with van der Waals surface area (Å²) >= 11 is 0. The summed E-state index contributed by atoms with van der Waals surface area (Å²) in [5, 5.41) is 4.34. The number of sulfone groups is 1. The maximum atomic E-state index is 12.6. The molecule has 2 aliphatic rings. The number of hydrogen-bond donors (Lipinski definition) is 0. The van der Waals surface area contributed by atoms with Crippen LogP contribution in [0.5, 0.6) is 0 Å². The highest BCUT2D eigenvalue weighted by molar-refractivity contribution is 7.91. The number of imidazole rings is 1. The number of hydrogen-bond acceptors (Lipinski definition) is 6. The van der Waals surface area contributed by atoms with Gasteiger partial charge in [0, 0.05) is 36.0 Å². The average molecular weight is 486 g/mol. The maximum absolute atomic E-state index is 12.6. The molecule has 1 fully saturated rings. The van der Waals surface area contributed by atoms with Gasteiger partial charge in [-0.1, -0.05) is 6.92 Å². The van der Waals surface area contributed by atoms with Gasteiger partial charge in [0.25, 0.3) is 0 Å². The van der Waals surface area contributed by atoms with Crippen molar-refractivity contribution in [2.75, 3.05) is 23.5 Å². The molecule has 5 rings (SSSR count). The molecule has 0 radical (unpaired) electrons. The monoisotopic (exact) mass is 485 g/mol. The molecule has 182 valence electrons. The third-order valence-electron chi connectivity index (χ3n) is 7.12. The first-order chi connectivity index (χ1) is 16.3. The summed E-state index contributed by atoms with van der Waals surface area (Å²) in [6.45, 7) is 4.77. The minimum absolute atomic E-state index is 0.0202. The van der Waals surface area contributed by atoms with Crippen molar-refractivity contribution in [2.24, 2.45) is 0 Å². The van der Waals surface area contributed by atoms with Gasteiger partial charge in [-0.3, -0.25) is 9.58 Å². The Morgan fingerprint density at radius 1 is 1.29 bits per heavy atom. The average Bonchev–Trinajstić information content (AvgIpc) is 3.45. The molecular formula is C24H31N5O4S. The number of benzene rings is 1. The zero-order valence-electron chi connectivity index (χ0n) is 19.8. The summed E-state index contributed by atoms with van der Waals surface area (Å²) in [5.41, 5.74) is 3.63. The molecule has 4 heterocycles. The number of carbonyl (C=O) groups excluding carboxylic acids is 1. The van der Waals surface area contributed by atoms with Gasteiger partial charge < -0.3 is 9.30 Å². The number of nitrogens with zero attached hydrogens (tertiary/aromatic N) is 5. The van der Waals surface area contributed by atoms with Crippen LogP contribution in [-0.2, 0) is 27.5 Å². The van der Waals surface area contributed by atoms with Gasteiger partial charge in [0.2, 0.25) is 0 Å². The first-order valence-electron chi connectivity index (χ1n) is 11.9. The molecule has 34 heavy (non-hydrogen) atoms. The lowest BCUT2D eigenvalue weighted by molar-refractivity contribution is 0.175. The first-order valence-corrected chi connectivity index (χ1v) is 13.7. The summed E-state index contributed by atoms with van der Waals surface area (Å²) in [5.74, 6) is 1.26. The van der Waals surface area contributed by atoms with Crippen molar-refractivity contribution in [3.8, 4) is 0 Å². The normalized spacial score (nSPS) is 23.0. The minimum atomic E-state index is -3.10. The van der Waals surface area contributed by atoms with Crippen molar-refractivity contribution in [3.05, 3.63) is 42.0 Å². The van der Waals surface area contributed by atoms with Crippen LogP contribution < -0.4 is 4.90 Å². The number of fused-ring (bicyclic) bond motifs is 3. The summed E-state index contributed by atoms with van der Waals surface area (Å²) in [6, 6.07) is 5.71. The summed E-state index contributed by atoms with van der Waals surface area (Å²) in [7, 11) is -1.70. The Balaban J connectivity index is 1.67. The molecule has 3 atom stereocenters. The van der Waals surface area contributed by atoms with Crippen LogP contribution >= 0.6 is 0 Å². The van der Waals surface area contributed by atoms with E-state index in [4.69, 9.17) is 9.72 Å². The van der Waals surface area contributed by atoms with E-state index in [-0.39, 0.29) is 35.6 Å². The number of aryl methyl sites for hydroxylation is 1. The molecule has 3 aromatic rings. The number of anilines is 1. The van der Waals surface area contributed by atoms with Gasteiger partial charge in [-0.15, -0.1) is 0 Å². The first kappa shape index (κ1) is 22.9. The van der Waals surface area contributed by atoms with Gasteiger partial charge in [0.1, 0.15) is 5.82 Å². The third kappa shape index (κ3) is 3.97. The molecule has 0 aliphatic carbocycles. The van der Waals surface area contributed by atoms with Gasteiger partial charge in [0.05, 0.1) is 41.9 Å². The lowest BCUT2D eigenvalue weighted by Crippen LogP contribution is -2.42. The zero-order valence-corrected chi connectivity index (χ0v) is 20.7. The van der Waals surface area contributed by atoms with Crippen LogP contribution in [0.2, 0.25) is 0 Å². The Kier molecular flexibility index (Phi) is 5.87. The van der Waals surface area contributed by atoms with Crippen LogP contribution in [-0.4, -0.2) is 58.5 Å². The molecule has 0 saturated carbocycles.